The monoisotopic (exact) mass is 217 g/mol. The van der Waals surface area contributed by atoms with Crippen LogP contribution in [0.4, 0.5) is 4.39 Å². The molecule has 0 amide bonds. The average Bonchev–Trinajstić information content (AvgIpc) is 2.30. The molecule has 0 spiro atoms. The fourth-order valence-electron chi connectivity index (χ4n) is 1.37. The van der Waals surface area contributed by atoms with E-state index in [0.717, 1.165) is 5.56 Å². The number of halogens is 1. The highest BCUT2D eigenvalue weighted by molar-refractivity contribution is 5.87. The van der Waals surface area contributed by atoms with Gasteiger partial charge in [0.15, 0.2) is 0 Å². The summed E-state index contributed by atoms with van der Waals surface area (Å²) in [6.45, 7) is 0. The Morgan fingerprint density at radius 2 is 1.81 bits per heavy atom. The summed E-state index contributed by atoms with van der Waals surface area (Å²) in [5.74, 6) is -1.40. The van der Waals surface area contributed by atoms with Crippen molar-refractivity contribution in [3.05, 3.63) is 54.1 Å². The molecule has 0 aliphatic rings. The van der Waals surface area contributed by atoms with Gasteiger partial charge in [0, 0.05) is 6.20 Å². The molecule has 0 bridgehead atoms. The summed E-state index contributed by atoms with van der Waals surface area (Å²) in [5, 5.41) is 8.78. The summed E-state index contributed by atoms with van der Waals surface area (Å²) in [5.41, 5.74) is 1.43. The molecule has 0 aliphatic heterocycles. The number of benzene rings is 1. The summed E-state index contributed by atoms with van der Waals surface area (Å²) in [6, 6.07) is 8.98. The molecule has 2 aromatic rings. The number of hydrogen-bond acceptors (Lipinski definition) is 2. The van der Waals surface area contributed by atoms with Gasteiger partial charge in [-0.25, -0.2) is 14.2 Å². The molecule has 4 heteroatoms. The predicted molar refractivity (Wildman–Crippen MR) is 56.6 cm³/mol. The van der Waals surface area contributed by atoms with E-state index in [0.29, 0.717) is 5.56 Å². The Hall–Kier alpha value is -2.23. The van der Waals surface area contributed by atoms with E-state index in [1.54, 1.807) is 18.2 Å². The maximum atomic E-state index is 12.7. The Morgan fingerprint density at radius 1 is 1.12 bits per heavy atom. The number of pyridine rings is 1. The number of aromatic nitrogens is 1. The fraction of sp³-hybridized carbons (Fsp3) is 0. The van der Waals surface area contributed by atoms with Crippen LogP contribution in [0.25, 0.3) is 11.1 Å². The number of rotatable bonds is 2. The van der Waals surface area contributed by atoms with Crippen molar-refractivity contribution in [1.29, 1.82) is 0 Å². The third kappa shape index (κ3) is 2.06. The second-order valence-corrected chi connectivity index (χ2v) is 3.24. The van der Waals surface area contributed by atoms with Crippen LogP contribution >= 0.6 is 0 Å². The van der Waals surface area contributed by atoms with E-state index in [1.807, 2.05) is 0 Å². The number of carboxylic acid groups (broad SMARTS) is 1. The van der Waals surface area contributed by atoms with Crippen molar-refractivity contribution >= 4 is 5.97 Å². The molecule has 16 heavy (non-hydrogen) atoms. The smallest absolute Gasteiger partial charge is 0.354 e. The van der Waals surface area contributed by atoms with Crippen molar-refractivity contribution in [2.75, 3.05) is 0 Å². The van der Waals surface area contributed by atoms with E-state index in [-0.39, 0.29) is 11.5 Å². The van der Waals surface area contributed by atoms with Gasteiger partial charge < -0.3 is 5.11 Å². The molecule has 0 radical (unpaired) electrons. The molecule has 2 rings (SSSR count). The van der Waals surface area contributed by atoms with Gasteiger partial charge >= 0.3 is 5.97 Å². The number of aromatic carboxylic acids is 1. The van der Waals surface area contributed by atoms with Crippen LogP contribution in [0.2, 0.25) is 0 Å². The average molecular weight is 217 g/mol. The zero-order valence-corrected chi connectivity index (χ0v) is 8.22. The van der Waals surface area contributed by atoms with E-state index in [2.05, 4.69) is 4.98 Å². The lowest BCUT2D eigenvalue weighted by molar-refractivity contribution is 0.0690. The van der Waals surface area contributed by atoms with E-state index < -0.39 is 5.97 Å². The zero-order valence-electron chi connectivity index (χ0n) is 8.22. The summed E-state index contributed by atoms with van der Waals surface area (Å²) >= 11 is 0. The zero-order chi connectivity index (χ0) is 11.5. The van der Waals surface area contributed by atoms with Gasteiger partial charge in [-0.05, 0) is 35.4 Å². The minimum Gasteiger partial charge on any atom is -0.477 e. The molecule has 1 heterocycles. The van der Waals surface area contributed by atoms with Crippen molar-refractivity contribution in [1.82, 2.24) is 4.98 Å². The second-order valence-electron chi connectivity index (χ2n) is 3.24. The predicted octanol–water partition coefficient (Wildman–Crippen LogP) is 2.59. The Labute approximate surface area is 91.2 Å². The first-order valence-corrected chi connectivity index (χ1v) is 4.62. The minimum atomic E-state index is -1.08. The van der Waals surface area contributed by atoms with Gasteiger partial charge in [0.1, 0.15) is 11.5 Å². The number of nitrogens with zero attached hydrogens (tertiary/aromatic N) is 1. The lowest BCUT2D eigenvalue weighted by atomic mass is 10.1. The summed E-state index contributed by atoms with van der Waals surface area (Å²) < 4.78 is 12.7. The van der Waals surface area contributed by atoms with Gasteiger partial charge in [0.05, 0.1) is 0 Å². The fourth-order valence-corrected chi connectivity index (χ4v) is 1.37. The lowest BCUT2D eigenvalue weighted by Crippen LogP contribution is -1.99. The van der Waals surface area contributed by atoms with Crippen LogP contribution in [0, 0.1) is 5.82 Å². The van der Waals surface area contributed by atoms with Crippen LogP contribution in [0.5, 0.6) is 0 Å². The van der Waals surface area contributed by atoms with E-state index in [4.69, 9.17) is 5.11 Å². The van der Waals surface area contributed by atoms with Crippen LogP contribution in [0.15, 0.2) is 42.6 Å². The first-order chi connectivity index (χ1) is 7.66. The molecule has 0 fully saturated rings. The molecule has 1 aromatic carbocycles. The normalized spacial score (nSPS) is 10.1. The molecule has 0 unspecified atom stereocenters. The maximum absolute atomic E-state index is 12.7. The van der Waals surface area contributed by atoms with Gasteiger partial charge in [-0.1, -0.05) is 12.1 Å². The van der Waals surface area contributed by atoms with Gasteiger partial charge in [-0.3, -0.25) is 0 Å². The van der Waals surface area contributed by atoms with Gasteiger partial charge in [-0.15, -0.1) is 0 Å². The topological polar surface area (TPSA) is 50.2 Å². The molecule has 3 nitrogen and oxygen atoms in total. The molecular weight excluding hydrogens is 209 g/mol. The standard InChI is InChI=1S/C12H8FNO2/c13-10-3-1-8(2-4-10)9-5-6-14-11(7-9)12(15)16/h1-7H,(H,15,16). The highest BCUT2D eigenvalue weighted by atomic mass is 19.1. The van der Waals surface area contributed by atoms with Crippen molar-refractivity contribution in [3.8, 4) is 11.1 Å². The summed E-state index contributed by atoms with van der Waals surface area (Å²) in [4.78, 5) is 14.4. The lowest BCUT2D eigenvalue weighted by Gasteiger charge is -2.02. The third-order valence-electron chi connectivity index (χ3n) is 2.16. The van der Waals surface area contributed by atoms with Crippen molar-refractivity contribution in [2.45, 2.75) is 0 Å². The largest absolute Gasteiger partial charge is 0.477 e. The molecule has 0 saturated heterocycles. The maximum Gasteiger partial charge on any atom is 0.354 e. The van der Waals surface area contributed by atoms with E-state index in [9.17, 15) is 9.18 Å². The Bertz CT molecular complexity index is 523. The number of carbonyl (C=O) groups is 1. The van der Waals surface area contributed by atoms with Crippen molar-refractivity contribution in [3.63, 3.8) is 0 Å². The molecule has 80 valence electrons. The van der Waals surface area contributed by atoms with Crippen LogP contribution < -0.4 is 0 Å². The quantitative estimate of drug-likeness (QED) is 0.841. The summed E-state index contributed by atoms with van der Waals surface area (Å²) in [7, 11) is 0. The van der Waals surface area contributed by atoms with Gasteiger partial charge in [-0.2, -0.15) is 0 Å². The Kier molecular flexibility index (Phi) is 2.64. The van der Waals surface area contributed by atoms with Crippen molar-refractivity contribution < 1.29 is 14.3 Å². The van der Waals surface area contributed by atoms with E-state index in [1.165, 1.54) is 24.4 Å². The number of hydrogen-bond donors (Lipinski definition) is 1. The first-order valence-electron chi connectivity index (χ1n) is 4.62. The molecular formula is C12H8FNO2. The molecule has 1 N–H and O–H groups in total. The second kappa shape index (κ2) is 4.10. The minimum absolute atomic E-state index is 0.0261. The SMILES string of the molecule is O=C(O)c1cc(-c2ccc(F)cc2)ccn1. The molecule has 0 saturated carbocycles. The highest BCUT2D eigenvalue weighted by Crippen LogP contribution is 2.19. The summed E-state index contributed by atoms with van der Waals surface area (Å²) in [6.07, 6.45) is 1.42. The van der Waals surface area contributed by atoms with Crippen molar-refractivity contribution in [2.24, 2.45) is 0 Å². The number of carboxylic acids is 1. The van der Waals surface area contributed by atoms with Crippen LogP contribution in [0.1, 0.15) is 10.5 Å². The first kappa shape index (κ1) is 10.3. The molecule has 0 aliphatic carbocycles. The molecule has 1 aromatic heterocycles. The van der Waals surface area contributed by atoms with Gasteiger partial charge in [0.25, 0.3) is 0 Å². The van der Waals surface area contributed by atoms with Crippen LogP contribution in [-0.4, -0.2) is 16.1 Å². The third-order valence-corrected chi connectivity index (χ3v) is 2.16. The molecule has 0 atom stereocenters. The van der Waals surface area contributed by atoms with Gasteiger partial charge in [0.2, 0.25) is 0 Å². The Morgan fingerprint density at radius 3 is 2.44 bits per heavy atom. The Balaban J connectivity index is 2.44. The van der Waals surface area contributed by atoms with Crippen LogP contribution in [0.3, 0.4) is 0 Å². The van der Waals surface area contributed by atoms with E-state index >= 15 is 0 Å². The highest BCUT2D eigenvalue weighted by Gasteiger charge is 2.06. The van der Waals surface area contributed by atoms with Crippen LogP contribution in [-0.2, 0) is 0 Å².